The van der Waals surface area contributed by atoms with Crippen LogP contribution in [-0.4, -0.2) is 49.3 Å². The third-order valence-electron chi connectivity index (χ3n) is 2.40. The van der Waals surface area contributed by atoms with Crippen molar-refractivity contribution in [3.05, 3.63) is 22.4 Å². The van der Waals surface area contributed by atoms with Gasteiger partial charge in [0, 0.05) is 31.7 Å². The number of aliphatic hydroxyl groups is 1. The predicted octanol–water partition coefficient (Wildman–Crippen LogP) is 1.15. The highest BCUT2D eigenvalue weighted by Gasteiger charge is 2.13. The molecule has 0 spiro atoms. The number of nitrogens with zero attached hydrogens (tertiary/aromatic N) is 1. The minimum Gasteiger partial charge on any atom is -0.395 e. The number of carbonyl (C=O) groups is 1. The zero-order chi connectivity index (χ0) is 12.5. The van der Waals surface area contributed by atoms with Gasteiger partial charge in [-0.2, -0.15) is 0 Å². The average Bonchev–Trinajstić information content (AvgIpc) is 2.81. The molecule has 1 aromatic heterocycles. The molecule has 5 heteroatoms. The molecule has 1 N–H and O–H groups in total. The van der Waals surface area contributed by atoms with E-state index < -0.39 is 0 Å². The number of carbonyl (C=O) groups excluding carboxylic acids is 1. The first kappa shape index (κ1) is 14.2. The number of hydrogen-bond acceptors (Lipinski definition) is 4. The van der Waals surface area contributed by atoms with Crippen LogP contribution in [0, 0.1) is 0 Å². The lowest BCUT2D eigenvalue weighted by Crippen LogP contribution is -2.35. The summed E-state index contributed by atoms with van der Waals surface area (Å²) in [6, 6.07) is 3.89. The van der Waals surface area contributed by atoms with Gasteiger partial charge in [0.05, 0.1) is 13.0 Å². The van der Waals surface area contributed by atoms with E-state index in [1.165, 1.54) is 0 Å². The SMILES string of the molecule is COCCCN(CCO)C(=O)Cc1cccs1. The molecular formula is C12H19NO3S. The third-order valence-corrected chi connectivity index (χ3v) is 3.28. The van der Waals surface area contributed by atoms with Crippen LogP contribution in [-0.2, 0) is 16.0 Å². The number of thiophene rings is 1. The van der Waals surface area contributed by atoms with Crippen molar-refractivity contribution in [2.24, 2.45) is 0 Å². The first-order chi connectivity index (χ1) is 8.27. The van der Waals surface area contributed by atoms with E-state index in [-0.39, 0.29) is 12.5 Å². The number of aliphatic hydroxyl groups excluding tert-OH is 1. The van der Waals surface area contributed by atoms with E-state index in [0.29, 0.717) is 26.1 Å². The van der Waals surface area contributed by atoms with Gasteiger partial charge >= 0.3 is 0 Å². The fourth-order valence-corrected chi connectivity index (χ4v) is 2.25. The van der Waals surface area contributed by atoms with Gasteiger partial charge in [-0.25, -0.2) is 0 Å². The fraction of sp³-hybridized carbons (Fsp3) is 0.583. The molecule has 0 saturated carbocycles. The van der Waals surface area contributed by atoms with Gasteiger partial charge in [0.15, 0.2) is 0 Å². The summed E-state index contributed by atoms with van der Waals surface area (Å²) in [7, 11) is 1.64. The third kappa shape index (κ3) is 5.30. The van der Waals surface area contributed by atoms with Crippen molar-refractivity contribution in [2.45, 2.75) is 12.8 Å². The Bertz CT molecular complexity index is 314. The second-order valence-corrected chi connectivity index (χ2v) is 4.74. The Balaban J connectivity index is 2.42. The number of ether oxygens (including phenoxy) is 1. The van der Waals surface area contributed by atoms with Crippen molar-refractivity contribution in [1.82, 2.24) is 4.90 Å². The number of rotatable bonds is 8. The molecule has 0 aliphatic carbocycles. The summed E-state index contributed by atoms with van der Waals surface area (Å²) >= 11 is 1.58. The zero-order valence-corrected chi connectivity index (χ0v) is 10.9. The first-order valence-corrected chi connectivity index (χ1v) is 6.56. The molecule has 0 aliphatic rings. The van der Waals surface area contributed by atoms with Crippen LogP contribution in [0.25, 0.3) is 0 Å². The Labute approximate surface area is 106 Å². The van der Waals surface area contributed by atoms with Crippen LogP contribution >= 0.6 is 11.3 Å². The summed E-state index contributed by atoms with van der Waals surface area (Å²) in [5, 5.41) is 10.9. The second kappa shape index (κ2) is 8.22. The lowest BCUT2D eigenvalue weighted by molar-refractivity contribution is -0.131. The van der Waals surface area contributed by atoms with Crippen molar-refractivity contribution in [3.8, 4) is 0 Å². The van der Waals surface area contributed by atoms with Gasteiger partial charge < -0.3 is 14.7 Å². The van der Waals surface area contributed by atoms with Crippen LogP contribution < -0.4 is 0 Å². The molecule has 96 valence electrons. The van der Waals surface area contributed by atoms with E-state index >= 15 is 0 Å². The monoisotopic (exact) mass is 257 g/mol. The normalized spacial score (nSPS) is 10.5. The summed E-state index contributed by atoms with van der Waals surface area (Å²) in [6.07, 6.45) is 1.22. The van der Waals surface area contributed by atoms with Crippen LogP contribution in [0.5, 0.6) is 0 Å². The second-order valence-electron chi connectivity index (χ2n) is 3.71. The molecule has 0 radical (unpaired) electrons. The maximum Gasteiger partial charge on any atom is 0.227 e. The van der Waals surface area contributed by atoms with Crippen molar-refractivity contribution in [1.29, 1.82) is 0 Å². The first-order valence-electron chi connectivity index (χ1n) is 5.68. The lowest BCUT2D eigenvalue weighted by atomic mass is 10.3. The standard InChI is InChI=1S/C12H19NO3S/c1-16-8-3-5-13(6-7-14)12(15)10-11-4-2-9-17-11/h2,4,9,14H,3,5-8,10H2,1H3. The Morgan fingerprint density at radius 3 is 2.94 bits per heavy atom. The van der Waals surface area contributed by atoms with Gasteiger partial charge in [-0.3, -0.25) is 4.79 Å². The quantitative estimate of drug-likeness (QED) is 0.711. The van der Waals surface area contributed by atoms with Gasteiger partial charge in [0.2, 0.25) is 5.91 Å². The van der Waals surface area contributed by atoms with E-state index in [1.807, 2.05) is 17.5 Å². The van der Waals surface area contributed by atoms with E-state index in [9.17, 15) is 4.79 Å². The van der Waals surface area contributed by atoms with Crippen LogP contribution in [0.15, 0.2) is 17.5 Å². The predicted molar refractivity (Wildman–Crippen MR) is 68.2 cm³/mol. The highest BCUT2D eigenvalue weighted by Crippen LogP contribution is 2.10. The van der Waals surface area contributed by atoms with Crippen LogP contribution in [0.3, 0.4) is 0 Å². The molecule has 4 nitrogen and oxygen atoms in total. The van der Waals surface area contributed by atoms with Gasteiger partial charge in [-0.1, -0.05) is 6.07 Å². The average molecular weight is 257 g/mol. The van der Waals surface area contributed by atoms with Crippen molar-refractivity contribution in [3.63, 3.8) is 0 Å². The molecule has 0 saturated heterocycles. The summed E-state index contributed by atoms with van der Waals surface area (Å²) < 4.78 is 4.96. The number of methoxy groups -OCH3 is 1. The Kier molecular flexibility index (Phi) is 6.84. The zero-order valence-electron chi connectivity index (χ0n) is 10.1. The molecule has 17 heavy (non-hydrogen) atoms. The minimum atomic E-state index is 0.00314. The molecule has 1 amide bonds. The van der Waals surface area contributed by atoms with Crippen LogP contribution in [0.1, 0.15) is 11.3 Å². The maximum absolute atomic E-state index is 12.0. The molecule has 1 rings (SSSR count). The highest BCUT2D eigenvalue weighted by molar-refractivity contribution is 7.10. The lowest BCUT2D eigenvalue weighted by Gasteiger charge is -2.21. The van der Waals surface area contributed by atoms with Gasteiger partial charge in [-0.05, 0) is 17.9 Å². The Morgan fingerprint density at radius 2 is 2.35 bits per heavy atom. The molecule has 1 aromatic rings. The van der Waals surface area contributed by atoms with Crippen LogP contribution in [0.2, 0.25) is 0 Å². The molecular weight excluding hydrogens is 238 g/mol. The van der Waals surface area contributed by atoms with Gasteiger partial charge in [0.25, 0.3) is 0 Å². The van der Waals surface area contributed by atoms with Gasteiger partial charge in [-0.15, -0.1) is 11.3 Å². The summed E-state index contributed by atoms with van der Waals surface area (Å²) in [5.74, 6) is 0.0672. The number of hydrogen-bond donors (Lipinski definition) is 1. The van der Waals surface area contributed by atoms with Gasteiger partial charge in [0.1, 0.15) is 0 Å². The minimum absolute atomic E-state index is 0.00314. The molecule has 1 heterocycles. The van der Waals surface area contributed by atoms with Crippen molar-refractivity contribution >= 4 is 17.2 Å². The molecule has 0 aliphatic heterocycles. The van der Waals surface area contributed by atoms with E-state index in [0.717, 1.165) is 11.3 Å². The van der Waals surface area contributed by atoms with Crippen molar-refractivity contribution < 1.29 is 14.6 Å². The summed E-state index contributed by atoms with van der Waals surface area (Å²) in [6.45, 7) is 1.67. The summed E-state index contributed by atoms with van der Waals surface area (Å²) in [5.41, 5.74) is 0. The fourth-order valence-electron chi connectivity index (χ4n) is 1.56. The maximum atomic E-state index is 12.0. The van der Waals surface area contributed by atoms with E-state index in [1.54, 1.807) is 23.3 Å². The summed E-state index contributed by atoms with van der Waals surface area (Å²) in [4.78, 5) is 14.7. The van der Waals surface area contributed by atoms with E-state index in [2.05, 4.69) is 0 Å². The molecule has 0 fully saturated rings. The smallest absolute Gasteiger partial charge is 0.227 e. The largest absolute Gasteiger partial charge is 0.395 e. The number of amides is 1. The highest BCUT2D eigenvalue weighted by atomic mass is 32.1. The Hall–Kier alpha value is -0.910. The molecule has 0 bridgehead atoms. The van der Waals surface area contributed by atoms with Crippen LogP contribution in [0.4, 0.5) is 0 Å². The Morgan fingerprint density at radius 1 is 1.53 bits per heavy atom. The van der Waals surface area contributed by atoms with Crippen molar-refractivity contribution in [2.75, 3.05) is 33.4 Å². The van der Waals surface area contributed by atoms with E-state index in [4.69, 9.17) is 9.84 Å². The molecule has 0 unspecified atom stereocenters. The topological polar surface area (TPSA) is 49.8 Å². The molecule has 0 aromatic carbocycles. The molecule has 0 atom stereocenters.